The molecule has 4 nitrogen and oxygen atoms in total. The van der Waals surface area contributed by atoms with E-state index in [-0.39, 0.29) is 24.9 Å². The molecule has 0 heterocycles. The zero-order valence-electron chi connectivity index (χ0n) is 11.8. The Kier molecular flexibility index (Phi) is 8.92. The fraction of sp³-hybridized carbons (Fsp3) is 0.500. The minimum absolute atomic E-state index is 0. The summed E-state index contributed by atoms with van der Waals surface area (Å²) in [4.78, 5) is 11.8. The number of carbonyl (C=O) groups is 1. The standard InChI is InChI=1S/C14H21FN2O2.ClH/c1-10(2)8-13(16)14(18)17-11-4-3-5-12(9-11)19-7-6-15;/h3-5,9-10,13H,6-8,16H2,1-2H3,(H,17,18);1H/t13-;/m0./s1. The molecule has 6 heteroatoms. The predicted molar refractivity (Wildman–Crippen MR) is 81.2 cm³/mol. The smallest absolute Gasteiger partial charge is 0.241 e. The Balaban J connectivity index is 0.00000361. The van der Waals surface area contributed by atoms with E-state index in [9.17, 15) is 9.18 Å². The topological polar surface area (TPSA) is 64.4 Å². The summed E-state index contributed by atoms with van der Waals surface area (Å²) in [5, 5.41) is 2.73. The molecule has 0 saturated carbocycles. The van der Waals surface area contributed by atoms with Crippen molar-refractivity contribution in [1.29, 1.82) is 0 Å². The lowest BCUT2D eigenvalue weighted by molar-refractivity contribution is -0.117. The SMILES string of the molecule is CC(C)C[C@H](N)C(=O)Nc1cccc(OCCF)c1.Cl. The third-order valence-electron chi connectivity index (χ3n) is 2.51. The summed E-state index contributed by atoms with van der Waals surface area (Å²) >= 11 is 0. The van der Waals surface area contributed by atoms with Crippen LogP contribution in [0.4, 0.5) is 10.1 Å². The molecule has 1 aromatic carbocycles. The molecule has 0 spiro atoms. The van der Waals surface area contributed by atoms with Crippen molar-refractivity contribution in [2.24, 2.45) is 11.7 Å². The van der Waals surface area contributed by atoms with Gasteiger partial charge < -0.3 is 15.8 Å². The van der Waals surface area contributed by atoms with Crippen molar-refractivity contribution in [2.45, 2.75) is 26.3 Å². The highest BCUT2D eigenvalue weighted by molar-refractivity contribution is 5.94. The maximum atomic E-state index is 12.0. The fourth-order valence-electron chi connectivity index (χ4n) is 1.67. The minimum Gasteiger partial charge on any atom is -0.491 e. The zero-order valence-corrected chi connectivity index (χ0v) is 12.6. The third kappa shape index (κ3) is 6.73. The maximum absolute atomic E-state index is 12.0. The van der Waals surface area contributed by atoms with Crippen LogP contribution in [0.15, 0.2) is 24.3 Å². The van der Waals surface area contributed by atoms with Crippen LogP contribution in [0.3, 0.4) is 0 Å². The van der Waals surface area contributed by atoms with Gasteiger partial charge in [0.05, 0.1) is 6.04 Å². The summed E-state index contributed by atoms with van der Waals surface area (Å²) < 4.78 is 17.2. The number of amides is 1. The van der Waals surface area contributed by atoms with E-state index >= 15 is 0 Å². The van der Waals surface area contributed by atoms with Gasteiger partial charge in [0, 0.05) is 11.8 Å². The third-order valence-corrected chi connectivity index (χ3v) is 2.51. The molecule has 0 aromatic heterocycles. The van der Waals surface area contributed by atoms with Gasteiger partial charge in [-0.25, -0.2) is 4.39 Å². The molecule has 0 aliphatic rings. The molecule has 0 radical (unpaired) electrons. The van der Waals surface area contributed by atoms with Crippen molar-refractivity contribution in [3.63, 3.8) is 0 Å². The molecule has 0 aliphatic heterocycles. The van der Waals surface area contributed by atoms with Gasteiger partial charge >= 0.3 is 0 Å². The van der Waals surface area contributed by atoms with Gasteiger partial charge in [-0.05, 0) is 24.5 Å². The summed E-state index contributed by atoms with van der Waals surface area (Å²) in [7, 11) is 0. The van der Waals surface area contributed by atoms with E-state index in [0.717, 1.165) is 0 Å². The molecule has 0 unspecified atom stereocenters. The Bertz CT molecular complexity index is 416. The van der Waals surface area contributed by atoms with Crippen molar-refractivity contribution in [3.8, 4) is 5.75 Å². The number of halogens is 2. The first kappa shape index (κ1) is 18.7. The van der Waals surface area contributed by atoms with Crippen LogP contribution in [0.2, 0.25) is 0 Å². The number of nitrogens with two attached hydrogens (primary N) is 1. The number of benzene rings is 1. The molecule has 1 amide bonds. The molecule has 0 bridgehead atoms. The molecular formula is C14H22ClFN2O2. The second-order valence-electron chi connectivity index (χ2n) is 4.79. The number of anilines is 1. The lowest BCUT2D eigenvalue weighted by Crippen LogP contribution is -2.36. The number of carbonyl (C=O) groups excluding carboxylic acids is 1. The van der Waals surface area contributed by atoms with Gasteiger partial charge in [-0.1, -0.05) is 19.9 Å². The van der Waals surface area contributed by atoms with Crippen LogP contribution in [-0.2, 0) is 4.79 Å². The van der Waals surface area contributed by atoms with Gasteiger partial charge in [-0.15, -0.1) is 12.4 Å². The quantitative estimate of drug-likeness (QED) is 0.814. The molecular weight excluding hydrogens is 283 g/mol. The van der Waals surface area contributed by atoms with Gasteiger partial charge in [0.2, 0.25) is 5.91 Å². The average Bonchev–Trinajstić information content (AvgIpc) is 2.36. The van der Waals surface area contributed by atoms with Crippen LogP contribution in [0.25, 0.3) is 0 Å². The Labute approximate surface area is 125 Å². The first-order valence-corrected chi connectivity index (χ1v) is 6.38. The number of ether oxygens (including phenoxy) is 1. The normalized spacial score (nSPS) is 11.7. The van der Waals surface area contributed by atoms with E-state index in [1.54, 1.807) is 24.3 Å². The lowest BCUT2D eigenvalue weighted by Gasteiger charge is -2.14. The number of hydrogen-bond acceptors (Lipinski definition) is 3. The van der Waals surface area contributed by atoms with Gasteiger partial charge in [0.1, 0.15) is 19.0 Å². The van der Waals surface area contributed by atoms with Gasteiger partial charge in [0.15, 0.2) is 0 Å². The Morgan fingerprint density at radius 2 is 2.15 bits per heavy atom. The van der Waals surface area contributed by atoms with Gasteiger partial charge in [0.25, 0.3) is 0 Å². The predicted octanol–water partition coefficient (Wildman–Crippen LogP) is 2.77. The van der Waals surface area contributed by atoms with Crippen LogP contribution < -0.4 is 15.8 Å². The average molecular weight is 305 g/mol. The van der Waals surface area contributed by atoms with Crippen LogP contribution in [0, 0.1) is 5.92 Å². The fourth-order valence-corrected chi connectivity index (χ4v) is 1.67. The zero-order chi connectivity index (χ0) is 14.3. The Morgan fingerprint density at radius 3 is 2.75 bits per heavy atom. The van der Waals surface area contributed by atoms with Crippen molar-refractivity contribution in [1.82, 2.24) is 0 Å². The molecule has 20 heavy (non-hydrogen) atoms. The highest BCUT2D eigenvalue weighted by Crippen LogP contribution is 2.17. The first-order valence-electron chi connectivity index (χ1n) is 6.38. The molecule has 1 rings (SSSR count). The molecule has 0 aliphatic carbocycles. The Morgan fingerprint density at radius 1 is 1.45 bits per heavy atom. The van der Waals surface area contributed by atoms with Gasteiger partial charge in [-0.2, -0.15) is 0 Å². The number of alkyl halides is 1. The molecule has 114 valence electrons. The highest BCUT2D eigenvalue weighted by atomic mass is 35.5. The Hall–Kier alpha value is -1.33. The van der Waals surface area contributed by atoms with Crippen LogP contribution in [0.1, 0.15) is 20.3 Å². The summed E-state index contributed by atoms with van der Waals surface area (Å²) in [5.41, 5.74) is 6.39. The molecule has 1 atom stereocenters. The van der Waals surface area contributed by atoms with Crippen LogP contribution in [0.5, 0.6) is 5.75 Å². The van der Waals surface area contributed by atoms with E-state index in [1.165, 1.54) is 0 Å². The number of nitrogens with one attached hydrogen (secondary N) is 1. The van der Waals surface area contributed by atoms with Gasteiger partial charge in [-0.3, -0.25) is 4.79 Å². The second-order valence-corrected chi connectivity index (χ2v) is 4.79. The van der Waals surface area contributed by atoms with Crippen LogP contribution >= 0.6 is 12.4 Å². The summed E-state index contributed by atoms with van der Waals surface area (Å²) in [5.74, 6) is 0.657. The van der Waals surface area contributed by atoms with Crippen molar-refractivity contribution in [3.05, 3.63) is 24.3 Å². The van der Waals surface area contributed by atoms with Crippen molar-refractivity contribution < 1.29 is 13.9 Å². The largest absolute Gasteiger partial charge is 0.491 e. The summed E-state index contributed by atoms with van der Waals surface area (Å²) in [6.45, 7) is 3.48. The second kappa shape index (κ2) is 9.55. The van der Waals surface area contributed by atoms with E-state index in [0.29, 0.717) is 23.8 Å². The number of hydrogen-bond donors (Lipinski definition) is 2. The monoisotopic (exact) mass is 304 g/mol. The summed E-state index contributed by atoms with van der Waals surface area (Å²) in [6, 6.07) is 6.30. The van der Waals surface area contributed by atoms with Crippen molar-refractivity contribution in [2.75, 3.05) is 18.6 Å². The van der Waals surface area contributed by atoms with E-state index in [2.05, 4.69) is 5.32 Å². The van der Waals surface area contributed by atoms with E-state index in [1.807, 2.05) is 13.8 Å². The first-order chi connectivity index (χ1) is 9.02. The molecule has 0 fully saturated rings. The molecule has 1 aromatic rings. The van der Waals surface area contributed by atoms with E-state index < -0.39 is 12.7 Å². The number of rotatable bonds is 7. The maximum Gasteiger partial charge on any atom is 0.241 e. The molecule has 3 N–H and O–H groups in total. The highest BCUT2D eigenvalue weighted by Gasteiger charge is 2.15. The minimum atomic E-state index is -0.546. The van der Waals surface area contributed by atoms with Crippen molar-refractivity contribution >= 4 is 24.0 Å². The molecule has 0 saturated heterocycles. The summed E-state index contributed by atoms with van der Waals surface area (Å²) in [6.07, 6.45) is 0.629. The van der Waals surface area contributed by atoms with E-state index in [4.69, 9.17) is 10.5 Å². The van der Waals surface area contributed by atoms with Crippen LogP contribution in [-0.4, -0.2) is 25.2 Å². The lowest BCUT2D eigenvalue weighted by atomic mass is 10.0.